The highest BCUT2D eigenvalue weighted by Crippen LogP contribution is 2.22. The Balaban J connectivity index is 2.03. The maximum Gasteiger partial charge on any atom is 0.269 e. The standard InChI is InChI=1S/C16H17ClN2O2/c1-2-12-5-3-4-6-13(12)10-18-11-14-9-15(19(20)21)7-8-16(14)17/h3-9,18H,2,10-11H2,1H3. The number of benzene rings is 2. The van der Waals surface area contributed by atoms with Crippen molar-refractivity contribution in [2.24, 2.45) is 0 Å². The SMILES string of the molecule is CCc1ccccc1CNCc1cc([N+](=O)[O-])ccc1Cl. The van der Waals surface area contributed by atoms with Crippen molar-refractivity contribution in [1.29, 1.82) is 0 Å². The van der Waals surface area contributed by atoms with E-state index in [2.05, 4.69) is 24.4 Å². The van der Waals surface area contributed by atoms with Crippen LogP contribution in [0, 0.1) is 10.1 Å². The minimum Gasteiger partial charge on any atom is -0.309 e. The minimum absolute atomic E-state index is 0.0603. The molecule has 0 bridgehead atoms. The molecule has 0 amide bonds. The van der Waals surface area contributed by atoms with Crippen molar-refractivity contribution in [1.82, 2.24) is 5.32 Å². The number of nitrogens with zero attached hydrogens (tertiary/aromatic N) is 1. The second-order valence-corrected chi connectivity index (χ2v) is 5.17. The van der Waals surface area contributed by atoms with Gasteiger partial charge in [0.2, 0.25) is 0 Å². The molecule has 2 rings (SSSR count). The highest BCUT2D eigenvalue weighted by molar-refractivity contribution is 6.31. The van der Waals surface area contributed by atoms with E-state index < -0.39 is 4.92 Å². The topological polar surface area (TPSA) is 55.2 Å². The fraction of sp³-hybridized carbons (Fsp3) is 0.250. The molecule has 0 saturated heterocycles. The molecule has 0 aromatic heterocycles. The van der Waals surface area contributed by atoms with Crippen LogP contribution in [0.2, 0.25) is 5.02 Å². The minimum atomic E-state index is -0.411. The maximum absolute atomic E-state index is 10.8. The average molecular weight is 305 g/mol. The average Bonchev–Trinajstić information content (AvgIpc) is 2.49. The van der Waals surface area contributed by atoms with Gasteiger partial charge in [0.15, 0.2) is 0 Å². The lowest BCUT2D eigenvalue weighted by Gasteiger charge is -2.10. The van der Waals surface area contributed by atoms with Gasteiger partial charge in [-0.1, -0.05) is 42.8 Å². The predicted molar refractivity (Wildman–Crippen MR) is 84.5 cm³/mol. The number of nitro benzene ring substituents is 1. The highest BCUT2D eigenvalue weighted by Gasteiger charge is 2.09. The Bertz CT molecular complexity index is 644. The van der Waals surface area contributed by atoms with Gasteiger partial charge in [-0.25, -0.2) is 0 Å². The summed E-state index contributed by atoms with van der Waals surface area (Å²) in [5, 5.41) is 14.6. The second-order valence-electron chi connectivity index (χ2n) is 4.76. The van der Waals surface area contributed by atoms with Crippen LogP contribution >= 0.6 is 11.6 Å². The maximum atomic E-state index is 10.8. The summed E-state index contributed by atoms with van der Waals surface area (Å²) in [5.41, 5.74) is 3.33. The first kappa shape index (κ1) is 15.5. The number of nitrogens with one attached hydrogen (secondary N) is 1. The molecular weight excluding hydrogens is 288 g/mol. The Hall–Kier alpha value is -1.91. The number of halogens is 1. The Morgan fingerprint density at radius 3 is 2.43 bits per heavy atom. The van der Waals surface area contributed by atoms with E-state index in [0.29, 0.717) is 18.1 Å². The van der Waals surface area contributed by atoms with E-state index >= 15 is 0 Å². The van der Waals surface area contributed by atoms with E-state index in [4.69, 9.17) is 11.6 Å². The molecule has 0 atom stereocenters. The number of rotatable bonds is 6. The normalized spacial score (nSPS) is 10.6. The van der Waals surface area contributed by atoms with Crippen molar-refractivity contribution in [3.63, 3.8) is 0 Å². The Kier molecular flexibility index (Phi) is 5.31. The summed E-state index contributed by atoms with van der Waals surface area (Å²) in [6.45, 7) is 3.33. The van der Waals surface area contributed by atoms with Gasteiger partial charge in [0, 0.05) is 30.2 Å². The molecule has 5 heteroatoms. The largest absolute Gasteiger partial charge is 0.309 e. The first-order valence-electron chi connectivity index (χ1n) is 6.82. The third-order valence-electron chi connectivity index (χ3n) is 3.37. The molecule has 0 saturated carbocycles. The zero-order valence-electron chi connectivity index (χ0n) is 11.8. The van der Waals surface area contributed by atoms with Crippen molar-refractivity contribution in [3.8, 4) is 0 Å². The van der Waals surface area contributed by atoms with Crippen LogP contribution in [-0.4, -0.2) is 4.92 Å². The Labute approximate surface area is 128 Å². The highest BCUT2D eigenvalue weighted by atomic mass is 35.5. The van der Waals surface area contributed by atoms with Crippen LogP contribution in [0.15, 0.2) is 42.5 Å². The lowest BCUT2D eigenvalue weighted by Crippen LogP contribution is -2.14. The first-order valence-corrected chi connectivity index (χ1v) is 7.20. The van der Waals surface area contributed by atoms with E-state index in [9.17, 15) is 10.1 Å². The third kappa shape index (κ3) is 4.03. The smallest absolute Gasteiger partial charge is 0.269 e. The van der Waals surface area contributed by atoms with Crippen LogP contribution < -0.4 is 5.32 Å². The van der Waals surface area contributed by atoms with E-state index in [-0.39, 0.29) is 5.69 Å². The molecule has 1 N–H and O–H groups in total. The summed E-state index contributed by atoms with van der Waals surface area (Å²) in [7, 11) is 0. The fourth-order valence-electron chi connectivity index (χ4n) is 2.22. The zero-order valence-corrected chi connectivity index (χ0v) is 12.6. The van der Waals surface area contributed by atoms with Gasteiger partial charge in [-0.3, -0.25) is 10.1 Å². The molecule has 0 aliphatic carbocycles. The molecular formula is C16H17ClN2O2. The van der Waals surface area contributed by atoms with Crippen LogP contribution in [0.25, 0.3) is 0 Å². The van der Waals surface area contributed by atoms with Crippen LogP contribution in [0.5, 0.6) is 0 Å². The molecule has 0 fully saturated rings. The van der Waals surface area contributed by atoms with Crippen molar-refractivity contribution in [2.75, 3.05) is 0 Å². The second kappa shape index (κ2) is 7.20. The van der Waals surface area contributed by atoms with Crippen LogP contribution in [0.4, 0.5) is 5.69 Å². The lowest BCUT2D eigenvalue weighted by atomic mass is 10.1. The summed E-state index contributed by atoms with van der Waals surface area (Å²) in [5.74, 6) is 0. The van der Waals surface area contributed by atoms with Gasteiger partial charge in [0.1, 0.15) is 0 Å². The summed E-state index contributed by atoms with van der Waals surface area (Å²) in [6.07, 6.45) is 0.982. The number of nitro groups is 1. The van der Waals surface area contributed by atoms with Crippen molar-refractivity contribution in [2.45, 2.75) is 26.4 Å². The Morgan fingerprint density at radius 2 is 1.76 bits per heavy atom. The van der Waals surface area contributed by atoms with E-state index in [1.807, 2.05) is 12.1 Å². The number of hydrogen-bond donors (Lipinski definition) is 1. The molecule has 0 radical (unpaired) electrons. The van der Waals surface area contributed by atoms with Gasteiger partial charge >= 0.3 is 0 Å². The summed E-state index contributed by atoms with van der Waals surface area (Å²) in [4.78, 5) is 10.4. The third-order valence-corrected chi connectivity index (χ3v) is 3.74. The lowest BCUT2D eigenvalue weighted by molar-refractivity contribution is -0.384. The molecule has 2 aromatic rings. The van der Waals surface area contributed by atoms with Crippen LogP contribution in [0.1, 0.15) is 23.6 Å². The molecule has 110 valence electrons. The van der Waals surface area contributed by atoms with Crippen molar-refractivity contribution < 1.29 is 4.92 Å². The predicted octanol–water partition coefficient (Wildman–Crippen LogP) is 4.10. The van der Waals surface area contributed by atoms with Gasteiger partial charge < -0.3 is 5.32 Å². The van der Waals surface area contributed by atoms with Crippen molar-refractivity contribution in [3.05, 3.63) is 74.3 Å². The van der Waals surface area contributed by atoms with E-state index in [1.165, 1.54) is 23.3 Å². The van der Waals surface area contributed by atoms with Gasteiger partial charge in [-0.2, -0.15) is 0 Å². The zero-order chi connectivity index (χ0) is 15.2. The first-order chi connectivity index (χ1) is 10.1. The molecule has 4 nitrogen and oxygen atoms in total. The monoisotopic (exact) mass is 304 g/mol. The van der Waals surface area contributed by atoms with Gasteiger partial charge in [0.05, 0.1) is 4.92 Å². The van der Waals surface area contributed by atoms with Crippen LogP contribution in [0.3, 0.4) is 0 Å². The molecule has 0 spiro atoms. The van der Waals surface area contributed by atoms with Gasteiger partial charge in [-0.05, 0) is 29.2 Å². The van der Waals surface area contributed by atoms with Gasteiger partial charge in [0.25, 0.3) is 5.69 Å². The molecule has 21 heavy (non-hydrogen) atoms. The van der Waals surface area contributed by atoms with Crippen molar-refractivity contribution >= 4 is 17.3 Å². The number of hydrogen-bond acceptors (Lipinski definition) is 3. The van der Waals surface area contributed by atoms with Crippen LogP contribution in [-0.2, 0) is 19.5 Å². The molecule has 0 aliphatic heterocycles. The van der Waals surface area contributed by atoms with Gasteiger partial charge in [-0.15, -0.1) is 0 Å². The molecule has 0 unspecified atom stereocenters. The molecule has 0 aliphatic rings. The molecule has 2 aromatic carbocycles. The Morgan fingerprint density at radius 1 is 1.10 bits per heavy atom. The summed E-state index contributed by atoms with van der Waals surface area (Å²) in [6, 6.07) is 12.7. The van der Waals surface area contributed by atoms with E-state index in [1.54, 1.807) is 6.07 Å². The number of non-ortho nitro benzene ring substituents is 1. The fourth-order valence-corrected chi connectivity index (χ4v) is 2.40. The number of aryl methyl sites for hydroxylation is 1. The molecule has 0 heterocycles. The quantitative estimate of drug-likeness (QED) is 0.645. The van der Waals surface area contributed by atoms with E-state index in [0.717, 1.165) is 12.0 Å². The summed E-state index contributed by atoms with van der Waals surface area (Å²) < 4.78 is 0. The summed E-state index contributed by atoms with van der Waals surface area (Å²) >= 11 is 6.08.